The van der Waals surface area contributed by atoms with E-state index in [9.17, 15) is 0 Å². The average molecular weight is 317 g/mol. The van der Waals surface area contributed by atoms with Gasteiger partial charge in [0, 0.05) is 25.5 Å². The lowest BCUT2D eigenvalue weighted by Gasteiger charge is -2.30. The second-order valence-corrected chi connectivity index (χ2v) is 5.51. The number of piperidine rings is 1. The van der Waals surface area contributed by atoms with Crippen molar-refractivity contribution in [2.45, 2.75) is 52.7 Å². The van der Waals surface area contributed by atoms with Gasteiger partial charge >= 0.3 is 0 Å². The zero-order valence-corrected chi connectivity index (χ0v) is 15.2. The number of likely N-dealkylation sites (tertiary alicyclic amines) is 1. The van der Waals surface area contributed by atoms with Crippen LogP contribution < -0.4 is 0 Å². The molecule has 1 fully saturated rings. The molecule has 0 bridgehead atoms. The third kappa shape index (κ3) is 7.06. The molecule has 0 N–H and O–H groups in total. The highest BCUT2D eigenvalue weighted by atomic mass is 16.5. The van der Waals surface area contributed by atoms with E-state index in [1.165, 1.54) is 0 Å². The first-order valence-corrected chi connectivity index (χ1v) is 8.65. The van der Waals surface area contributed by atoms with Crippen LogP contribution in [0.2, 0.25) is 0 Å². The Labute approximate surface area is 141 Å². The highest BCUT2D eigenvalue weighted by Gasteiger charge is 2.18. The van der Waals surface area contributed by atoms with Crippen LogP contribution in [0.3, 0.4) is 0 Å². The maximum absolute atomic E-state index is 6.05. The minimum Gasteiger partial charge on any atom is -0.370 e. The number of rotatable bonds is 5. The van der Waals surface area contributed by atoms with Crippen molar-refractivity contribution < 1.29 is 4.74 Å². The second kappa shape index (κ2) is 11.1. The van der Waals surface area contributed by atoms with Crippen LogP contribution in [0.1, 0.15) is 46.2 Å². The summed E-state index contributed by atoms with van der Waals surface area (Å²) in [5.74, 6) is 0. The van der Waals surface area contributed by atoms with Crippen molar-refractivity contribution in [1.29, 1.82) is 0 Å². The largest absolute Gasteiger partial charge is 0.370 e. The number of allylic oxidation sites excluding steroid dienone is 1. The summed E-state index contributed by atoms with van der Waals surface area (Å²) in [4.78, 5) is 11.2. The molecular formula is C19H31N3O. The van der Waals surface area contributed by atoms with Gasteiger partial charge in [-0.1, -0.05) is 26.0 Å². The summed E-state index contributed by atoms with van der Waals surface area (Å²) in [6.45, 7) is 10.3. The van der Waals surface area contributed by atoms with Gasteiger partial charge in [-0.25, -0.2) is 0 Å². The van der Waals surface area contributed by atoms with Crippen LogP contribution in [-0.2, 0) is 4.74 Å². The first-order valence-electron chi connectivity index (χ1n) is 8.65. The van der Waals surface area contributed by atoms with E-state index in [1.54, 1.807) is 6.20 Å². The SMILES string of the molecule is C/C=C(\N=CC(C)OC1CCN(C)CC1)c1ccccn1.CC. The summed E-state index contributed by atoms with van der Waals surface area (Å²) in [5.41, 5.74) is 1.78. The van der Waals surface area contributed by atoms with Crippen molar-refractivity contribution in [3.8, 4) is 0 Å². The van der Waals surface area contributed by atoms with Crippen LogP contribution in [0.15, 0.2) is 35.5 Å². The monoisotopic (exact) mass is 317 g/mol. The van der Waals surface area contributed by atoms with Gasteiger partial charge in [0.15, 0.2) is 0 Å². The van der Waals surface area contributed by atoms with Crippen molar-refractivity contribution in [1.82, 2.24) is 9.88 Å². The summed E-state index contributed by atoms with van der Waals surface area (Å²) < 4.78 is 6.05. The molecule has 1 aliphatic rings. The molecule has 4 heteroatoms. The van der Waals surface area contributed by atoms with Crippen molar-refractivity contribution in [3.63, 3.8) is 0 Å². The maximum atomic E-state index is 6.05. The lowest BCUT2D eigenvalue weighted by molar-refractivity contribution is -0.00199. The van der Waals surface area contributed by atoms with Gasteiger partial charge < -0.3 is 9.64 Å². The smallest absolute Gasteiger partial charge is 0.0902 e. The van der Waals surface area contributed by atoms with Gasteiger partial charge in [-0.2, -0.15) is 0 Å². The Kier molecular flexibility index (Phi) is 9.41. The Morgan fingerprint density at radius 2 is 2.04 bits per heavy atom. The minimum absolute atomic E-state index is 0.0251. The molecule has 2 heterocycles. The Morgan fingerprint density at radius 1 is 1.35 bits per heavy atom. The molecule has 0 amide bonds. The van der Waals surface area contributed by atoms with E-state index in [0.717, 1.165) is 37.3 Å². The van der Waals surface area contributed by atoms with E-state index < -0.39 is 0 Å². The standard InChI is InChI=1S/C17H25N3O.C2H6/c1-4-16(17-7-5-6-10-18-17)19-13-14(2)21-15-8-11-20(3)12-9-15;1-2/h4-7,10,13-15H,8-9,11-12H2,1-3H3;1-2H3/b16-4-,19-13?;. The fraction of sp³-hybridized carbons (Fsp3) is 0.579. The molecule has 128 valence electrons. The number of nitrogens with zero attached hydrogens (tertiary/aromatic N) is 3. The molecule has 0 saturated carbocycles. The van der Waals surface area contributed by atoms with E-state index >= 15 is 0 Å². The molecular weight excluding hydrogens is 286 g/mol. The molecule has 1 atom stereocenters. The van der Waals surface area contributed by atoms with Gasteiger partial charge in [0.1, 0.15) is 0 Å². The van der Waals surface area contributed by atoms with Gasteiger partial charge in [0.05, 0.1) is 23.6 Å². The first kappa shape index (κ1) is 19.5. The molecule has 1 aromatic heterocycles. The van der Waals surface area contributed by atoms with Crippen molar-refractivity contribution in [3.05, 3.63) is 36.2 Å². The maximum Gasteiger partial charge on any atom is 0.0902 e. The molecule has 0 spiro atoms. The summed E-state index contributed by atoms with van der Waals surface area (Å²) in [6.07, 6.45) is 8.22. The number of pyridine rings is 1. The Morgan fingerprint density at radius 3 is 2.61 bits per heavy atom. The normalized spacial score (nSPS) is 18.6. The molecule has 1 unspecified atom stereocenters. The Hall–Kier alpha value is -1.52. The van der Waals surface area contributed by atoms with Crippen LogP contribution in [-0.4, -0.2) is 48.4 Å². The Balaban J connectivity index is 0.00000127. The zero-order chi connectivity index (χ0) is 17.1. The quantitative estimate of drug-likeness (QED) is 0.769. The van der Waals surface area contributed by atoms with Crippen molar-refractivity contribution in [2.75, 3.05) is 20.1 Å². The van der Waals surface area contributed by atoms with E-state index in [-0.39, 0.29) is 6.10 Å². The van der Waals surface area contributed by atoms with Gasteiger partial charge in [-0.3, -0.25) is 9.98 Å². The fourth-order valence-corrected chi connectivity index (χ4v) is 2.45. The first-order chi connectivity index (χ1) is 11.2. The number of ether oxygens (including phenoxy) is 1. The minimum atomic E-state index is 0.0251. The van der Waals surface area contributed by atoms with E-state index in [1.807, 2.05) is 58.2 Å². The number of hydrogen-bond acceptors (Lipinski definition) is 4. The zero-order valence-electron chi connectivity index (χ0n) is 15.2. The fourth-order valence-electron chi connectivity index (χ4n) is 2.45. The van der Waals surface area contributed by atoms with Gasteiger partial charge in [-0.05, 0) is 45.9 Å². The summed E-state index contributed by atoms with van der Waals surface area (Å²) >= 11 is 0. The van der Waals surface area contributed by atoms with Crippen LogP contribution in [0, 0.1) is 0 Å². The van der Waals surface area contributed by atoms with Crippen molar-refractivity contribution >= 4 is 11.9 Å². The molecule has 23 heavy (non-hydrogen) atoms. The lowest BCUT2D eigenvalue weighted by Crippen LogP contribution is -2.35. The number of aliphatic imine (C=N–C) groups is 1. The van der Waals surface area contributed by atoms with Crippen molar-refractivity contribution in [2.24, 2.45) is 4.99 Å². The van der Waals surface area contributed by atoms with Crippen LogP contribution >= 0.6 is 0 Å². The number of hydrogen-bond donors (Lipinski definition) is 0. The van der Waals surface area contributed by atoms with Crippen LogP contribution in [0.5, 0.6) is 0 Å². The summed E-state index contributed by atoms with van der Waals surface area (Å²) in [6, 6.07) is 5.85. The summed E-state index contributed by atoms with van der Waals surface area (Å²) in [5, 5.41) is 0. The predicted molar refractivity (Wildman–Crippen MR) is 98.8 cm³/mol. The van der Waals surface area contributed by atoms with Gasteiger partial charge in [0.25, 0.3) is 0 Å². The van der Waals surface area contributed by atoms with E-state index in [0.29, 0.717) is 6.10 Å². The molecule has 4 nitrogen and oxygen atoms in total. The molecule has 1 saturated heterocycles. The van der Waals surface area contributed by atoms with Gasteiger partial charge in [0.2, 0.25) is 0 Å². The van der Waals surface area contributed by atoms with Crippen LogP contribution in [0.25, 0.3) is 5.70 Å². The molecule has 0 aliphatic carbocycles. The summed E-state index contributed by atoms with van der Waals surface area (Å²) in [7, 11) is 2.16. The number of aromatic nitrogens is 1. The third-order valence-electron chi connectivity index (χ3n) is 3.70. The third-order valence-corrected chi connectivity index (χ3v) is 3.70. The molecule has 2 rings (SSSR count). The highest BCUT2D eigenvalue weighted by Crippen LogP contribution is 2.15. The lowest BCUT2D eigenvalue weighted by atomic mass is 10.1. The van der Waals surface area contributed by atoms with E-state index in [2.05, 4.69) is 21.9 Å². The van der Waals surface area contributed by atoms with Gasteiger partial charge in [-0.15, -0.1) is 0 Å². The molecule has 1 aromatic rings. The Bertz CT molecular complexity index is 477. The van der Waals surface area contributed by atoms with E-state index in [4.69, 9.17) is 4.74 Å². The molecule has 0 radical (unpaired) electrons. The average Bonchev–Trinajstić information content (AvgIpc) is 2.60. The molecule has 1 aliphatic heterocycles. The highest BCUT2D eigenvalue weighted by molar-refractivity contribution is 5.74. The van der Waals surface area contributed by atoms with Crippen LogP contribution in [0.4, 0.5) is 0 Å². The predicted octanol–water partition coefficient (Wildman–Crippen LogP) is 4.04. The second-order valence-electron chi connectivity index (χ2n) is 5.51. The topological polar surface area (TPSA) is 37.7 Å². The molecule has 0 aromatic carbocycles.